The molecule has 0 N–H and O–H groups in total. The number of Topliss-reactive ketones (excluding diaryl/α,β-unsaturated/α-hetero) is 1. The maximum absolute atomic E-state index is 11.7. The Morgan fingerprint density at radius 3 is 1.30 bits per heavy atom. The third-order valence-electron chi connectivity index (χ3n) is 3.97. The number of hydrogen-bond acceptors (Lipinski definition) is 1. The topological polar surface area (TPSA) is 17.1 Å². The summed E-state index contributed by atoms with van der Waals surface area (Å²) in [6, 6.07) is 0. The van der Waals surface area contributed by atoms with Crippen molar-refractivity contribution in [1.82, 2.24) is 0 Å². The Morgan fingerprint density at radius 2 is 0.950 bits per heavy atom. The van der Waals surface area contributed by atoms with Gasteiger partial charge < -0.3 is 0 Å². The molecule has 0 saturated carbocycles. The highest BCUT2D eigenvalue weighted by Crippen LogP contribution is 2.13. The standard InChI is InChI=1S/C19H38O/c1-17(2)13-9-5-7-11-15-19(20)16-12-8-6-10-14-18(3)4/h17-18H,5-16H2,1-4H3. The van der Waals surface area contributed by atoms with Crippen LogP contribution in [-0.4, -0.2) is 5.78 Å². The molecule has 0 bridgehead atoms. The van der Waals surface area contributed by atoms with Crippen molar-refractivity contribution < 1.29 is 4.79 Å². The zero-order valence-corrected chi connectivity index (χ0v) is 14.5. The van der Waals surface area contributed by atoms with Gasteiger partial charge in [-0.25, -0.2) is 0 Å². The van der Waals surface area contributed by atoms with Gasteiger partial charge in [-0.1, -0.05) is 79.1 Å². The molecular weight excluding hydrogens is 244 g/mol. The molecule has 0 aliphatic heterocycles. The quantitative estimate of drug-likeness (QED) is 0.330. The van der Waals surface area contributed by atoms with Crippen LogP contribution in [0.1, 0.15) is 105 Å². The summed E-state index contributed by atoms with van der Waals surface area (Å²) >= 11 is 0. The minimum atomic E-state index is 0.498. The van der Waals surface area contributed by atoms with Crippen molar-refractivity contribution >= 4 is 5.78 Å². The molecule has 20 heavy (non-hydrogen) atoms. The van der Waals surface area contributed by atoms with Crippen molar-refractivity contribution in [3.8, 4) is 0 Å². The molecule has 0 aromatic rings. The molecule has 0 amide bonds. The van der Waals surface area contributed by atoms with E-state index < -0.39 is 0 Å². The molecule has 0 unspecified atom stereocenters. The highest BCUT2D eigenvalue weighted by Gasteiger charge is 2.02. The first-order chi connectivity index (χ1) is 9.52. The molecule has 0 fully saturated rings. The smallest absolute Gasteiger partial charge is 0.132 e. The van der Waals surface area contributed by atoms with E-state index in [9.17, 15) is 4.79 Å². The van der Waals surface area contributed by atoms with Crippen molar-refractivity contribution in [3.63, 3.8) is 0 Å². The van der Waals surface area contributed by atoms with Crippen molar-refractivity contribution in [2.45, 2.75) is 105 Å². The second-order valence-electron chi connectivity index (χ2n) is 7.23. The third kappa shape index (κ3) is 15.7. The van der Waals surface area contributed by atoms with Crippen LogP contribution in [0.2, 0.25) is 0 Å². The van der Waals surface area contributed by atoms with E-state index in [-0.39, 0.29) is 0 Å². The molecule has 0 heterocycles. The fraction of sp³-hybridized carbons (Fsp3) is 0.947. The molecule has 0 saturated heterocycles. The predicted molar refractivity (Wildman–Crippen MR) is 90.1 cm³/mol. The first-order valence-corrected chi connectivity index (χ1v) is 9.04. The molecule has 1 heteroatoms. The van der Waals surface area contributed by atoms with Crippen LogP contribution in [0.3, 0.4) is 0 Å². The molecular formula is C19H38O. The molecule has 1 nitrogen and oxygen atoms in total. The average molecular weight is 283 g/mol. The van der Waals surface area contributed by atoms with Gasteiger partial charge in [0.1, 0.15) is 5.78 Å². The minimum absolute atomic E-state index is 0.498. The summed E-state index contributed by atoms with van der Waals surface area (Å²) in [6.07, 6.45) is 14.3. The van der Waals surface area contributed by atoms with Crippen LogP contribution < -0.4 is 0 Å². The number of hydrogen-bond donors (Lipinski definition) is 0. The fourth-order valence-electron chi connectivity index (χ4n) is 2.58. The summed E-state index contributed by atoms with van der Waals surface area (Å²) in [5.41, 5.74) is 0. The van der Waals surface area contributed by atoms with E-state index in [1.165, 1.54) is 51.4 Å². The highest BCUT2D eigenvalue weighted by molar-refractivity contribution is 5.78. The Bertz CT molecular complexity index is 196. The second kappa shape index (κ2) is 13.6. The van der Waals surface area contributed by atoms with Gasteiger partial charge in [0.05, 0.1) is 0 Å². The zero-order chi connectivity index (χ0) is 15.2. The van der Waals surface area contributed by atoms with Crippen LogP contribution in [0.5, 0.6) is 0 Å². The summed E-state index contributed by atoms with van der Waals surface area (Å²) in [6.45, 7) is 9.13. The number of rotatable bonds is 14. The van der Waals surface area contributed by atoms with E-state index in [1.807, 2.05) is 0 Å². The van der Waals surface area contributed by atoms with Gasteiger partial charge in [-0.15, -0.1) is 0 Å². The predicted octanol–water partition coefficient (Wildman–Crippen LogP) is 6.55. The van der Waals surface area contributed by atoms with Crippen LogP contribution in [-0.2, 0) is 4.79 Å². The van der Waals surface area contributed by atoms with Gasteiger partial charge in [0.25, 0.3) is 0 Å². The molecule has 0 aromatic carbocycles. The molecule has 0 spiro atoms. The van der Waals surface area contributed by atoms with Crippen molar-refractivity contribution in [1.29, 1.82) is 0 Å². The highest BCUT2D eigenvalue weighted by atomic mass is 16.1. The SMILES string of the molecule is CC(C)CCCCCCC(=O)CCCCCCC(C)C. The molecule has 0 aliphatic rings. The monoisotopic (exact) mass is 282 g/mol. The lowest BCUT2D eigenvalue weighted by Crippen LogP contribution is -1.98. The van der Waals surface area contributed by atoms with Crippen molar-refractivity contribution in [3.05, 3.63) is 0 Å². The Morgan fingerprint density at radius 1 is 0.600 bits per heavy atom. The number of carbonyl (C=O) groups is 1. The largest absolute Gasteiger partial charge is 0.300 e. The second-order valence-corrected chi connectivity index (χ2v) is 7.23. The molecule has 0 atom stereocenters. The van der Waals surface area contributed by atoms with Gasteiger partial charge in [-0.2, -0.15) is 0 Å². The van der Waals surface area contributed by atoms with Crippen LogP contribution in [0, 0.1) is 11.8 Å². The number of unbranched alkanes of at least 4 members (excludes halogenated alkanes) is 6. The molecule has 0 aromatic heterocycles. The van der Waals surface area contributed by atoms with Crippen LogP contribution in [0.15, 0.2) is 0 Å². The third-order valence-corrected chi connectivity index (χ3v) is 3.97. The van der Waals surface area contributed by atoms with Gasteiger partial charge in [0.15, 0.2) is 0 Å². The molecule has 0 aliphatic carbocycles. The Hall–Kier alpha value is -0.330. The normalized spacial score (nSPS) is 11.5. The number of ketones is 1. The van der Waals surface area contributed by atoms with Gasteiger partial charge in [-0.05, 0) is 24.7 Å². The molecule has 0 rings (SSSR count). The van der Waals surface area contributed by atoms with E-state index in [0.29, 0.717) is 5.78 Å². The Balaban J connectivity index is 3.21. The van der Waals surface area contributed by atoms with Gasteiger partial charge in [-0.3, -0.25) is 4.79 Å². The van der Waals surface area contributed by atoms with Crippen LogP contribution >= 0.6 is 0 Å². The maximum Gasteiger partial charge on any atom is 0.132 e. The van der Waals surface area contributed by atoms with Crippen molar-refractivity contribution in [2.75, 3.05) is 0 Å². The van der Waals surface area contributed by atoms with Gasteiger partial charge in [0, 0.05) is 12.8 Å². The minimum Gasteiger partial charge on any atom is -0.300 e. The summed E-state index contributed by atoms with van der Waals surface area (Å²) in [7, 11) is 0. The average Bonchev–Trinajstić information content (AvgIpc) is 2.37. The lowest BCUT2D eigenvalue weighted by atomic mass is 10.0. The lowest BCUT2D eigenvalue weighted by Gasteiger charge is -2.05. The van der Waals surface area contributed by atoms with Crippen LogP contribution in [0.25, 0.3) is 0 Å². The Kier molecular flexibility index (Phi) is 13.4. The van der Waals surface area contributed by atoms with Crippen molar-refractivity contribution in [2.24, 2.45) is 11.8 Å². The fourth-order valence-corrected chi connectivity index (χ4v) is 2.58. The Labute approximate surface area is 127 Å². The summed E-state index contributed by atoms with van der Waals surface area (Å²) in [5, 5.41) is 0. The first-order valence-electron chi connectivity index (χ1n) is 9.04. The van der Waals surface area contributed by atoms with E-state index in [4.69, 9.17) is 0 Å². The van der Waals surface area contributed by atoms with E-state index in [1.54, 1.807) is 0 Å². The summed E-state index contributed by atoms with van der Waals surface area (Å²) in [4.78, 5) is 11.7. The summed E-state index contributed by atoms with van der Waals surface area (Å²) in [5.74, 6) is 2.15. The van der Waals surface area contributed by atoms with Crippen LogP contribution in [0.4, 0.5) is 0 Å². The first kappa shape index (κ1) is 19.7. The van der Waals surface area contributed by atoms with Gasteiger partial charge >= 0.3 is 0 Å². The number of carbonyl (C=O) groups excluding carboxylic acids is 1. The van der Waals surface area contributed by atoms with E-state index in [0.717, 1.165) is 37.5 Å². The van der Waals surface area contributed by atoms with E-state index >= 15 is 0 Å². The molecule has 120 valence electrons. The zero-order valence-electron chi connectivity index (χ0n) is 14.5. The maximum atomic E-state index is 11.7. The lowest BCUT2D eigenvalue weighted by molar-refractivity contribution is -0.119. The van der Waals surface area contributed by atoms with E-state index in [2.05, 4.69) is 27.7 Å². The molecule has 0 radical (unpaired) electrons. The van der Waals surface area contributed by atoms with Gasteiger partial charge in [0.2, 0.25) is 0 Å². The summed E-state index contributed by atoms with van der Waals surface area (Å²) < 4.78 is 0.